The van der Waals surface area contributed by atoms with Crippen LogP contribution < -0.4 is 5.32 Å². The highest BCUT2D eigenvalue weighted by atomic mass is 16.5. The molecule has 19 heavy (non-hydrogen) atoms. The maximum absolute atomic E-state index is 5.87. The van der Waals surface area contributed by atoms with E-state index in [1.165, 1.54) is 5.56 Å². The van der Waals surface area contributed by atoms with Crippen molar-refractivity contribution in [1.82, 2.24) is 10.2 Å². The van der Waals surface area contributed by atoms with Crippen LogP contribution in [0.25, 0.3) is 0 Å². The van der Waals surface area contributed by atoms with Gasteiger partial charge >= 0.3 is 0 Å². The first-order valence-corrected chi connectivity index (χ1v) is 7.12. The molecule has 0 amide bonds. The molecule has 1 N–H and O–H groups in total. The number of furan rings is 1. The monoisotopic (exact) mass is 268 g/mol. The smallest absolute Gasteiger partial charge is 0.120 e. The molecule has 4 heteroatoms. The lowest BCUT2D eigenvalue weighted by atomic mass is 10.2. The number of likely N-dealkylation sites (N-methyl/N-ethyl adjacent to an activating group) is 1. The lowest BCUT2D eigenvalue weighted by molar-refractivity contribution is 0.0616. The summed E-state index contributed by atoms with van der Waals surface area (Å²) in [5.74, 6) is 2.07. The molecule has 1 aromatic rings. The molecular formula is C15H28N2O2. The molecule has 1 heterocycles. The first-order valence-electron chi connectivity index (χ1n) is 7.12. The average Bonchev–Trinajstić information content (AvgIpc) is 2.66. The number of rotatable bonds is 9. The van der Waals surface area contributed by atoms with E-state index in [0.717, 1.165) is 44.3 Å². The molecule has 0 spiro atoms. The summed E-state index contributed by atoms with van der Waals surface area (Å²) in [6.45, 7) is 12.6. The van der Waals surface area contributed by atoms with Crippen LogP contribution in [-0.2, 0) is 17.8 Å². The third-order valence-corrected chi connectivity index (χ3v) is 2.96. The van der Waals surface area contributed by atoms with E-state index in [4.69, 9.17) is 9.15 Å². The van der Waals surface area contributed by atoms with Crippen molar-refractivity contribution in [2.45, 2.75) is 46.9 Å². The van der Waals surface area contributed by atoms with Crippen molar-refractivity contribution in [3.8, 4) is 0 Å². The van der Waals surface area contributed by atoms with E-state index in [-0.39, 0.29) is 0 Å². The summed E-state index contributed by atoms with van der Waals surface area (Å²) in [5.41, 5.74) is 1.22. The molecule has 0 aliphatic carbocycles. The second kappa shape index (κ2) is 8.35. The Kier molecular flexibility index (Phi) is 7.13. The van der Waals surface area contributed by atoms with Gasteiger partial charge in [0.05, 0.1) is 25.8 Å². The predicted octanol–water partition coefficient (Wildman–Crippen LogP) is 2.55. The number of nitrogens with zero attached hydrogens (tertiary/aromatic N) is 1. The number of ether oxygens (including phenoxy) is 1. The van der Waals surface area contributed by atoms with Crippen molar-refractivity contribution in [3.63, 3.8) is 0 Å². The van der Waals surface area contributed by atoms with Crippen LogP contribution in [0.15, 0.2) is 10.5 Å². The highest BCUT2D eigenvalue weighted by molar-refractivity contribution is 5.19. The van der Waals surface area contributed by atoms with Gasteiger partial charge in [-0.25, -0.2) is 0 Å². The molecule has 0 saturated carbocycles. The number of hydrogen-bond acceptors (Lipinski definition) is 4. The molecule has 0 atom stereocenters. The van der Waals surface area contributed by atoms with E-state index in [1.807, 2.05) is 0 Å². The van der Waals surface area contributed by atoms with Gasteiger partial charge < -0.3 is 14.5 Å². The van der Waals surface area contributed by atoms with Gasteiger partial charge in [-0.2, -0.15) is 0 Å². The van der Waals surface area contributed by atoms with Crippen LogP contribution >= 0.6 is 0 Å². The van der Waals surface area contributed by atoms with Crippen molar-refractivity contribution in [3.05, 3.63) is 23.2 Å². The van der Waals surface area contributed by atoms with Gasteiger partial charge in [-0.05, 0) is 46.0 Å². The quantitative estimate of drug-likeness (QED) is 0.747. The van der Waals surface area contributed by atoms with Crippen LogP contribution in [0.5, 0.6) is 0 Å². The minimum Gasteiger partial charge on any atom is -0.463 e. The van der Waals surface area contributed by atoms with Gasteiger partial charge in [-0.3, -0.25) is 4.90 Å². The normalized spacial score (nSPS) is 11.7. The van der Waals surface area contributed by atoms with Gasteiger partial charge in [0.2, 0.25) is 0 Å². The summed E-state index contributed by atoms with van der Waals surface area (Å²) in [4.78, 5) is 2.22. The average molecular weight is 268 g/mol. The van der Waals surface area contributed by atoms with E-state index in [0.29, 0.717) is 6.10 Å². The van der Waals surface area contributed by atoms with Crippen molar-refractivity contribution in [2.24, 2.45) is 0 Å². The van der Waals surface area contributed by atoms with Crippen molar-refractivity contribution < 1.29 is 9.15 Å². The van der Waals surface area contributed by atoms with Crippen LogP contribution in [0.3, 0.4) is 0 Å². The fourth-order valence-electron chi connectivity index (χ4n) is 1.87. The summed E-state index contributed by atoms with van der Waals surface area (Å²) >= 11 is 0. The molecule has 0 aliphatic rings. The Hall–Kier alpha value is -0.840. The van der Waals surface area contributed by atoms with E-state index in [2.05, 4.69) is 51.0 Å². The van der Waals surface area contributed by atoms with Crippen LogP contribution in [0.2, 0.25) is 0 Å². The van der Waals surface area contributed by atoms with Crippen molar-refractivity contribution in [1.29, 1.82) is 0 Å². The minimum atomic E-state index is 0.297. The zero-order chi connectivity index (χ0) is 14.3. The number of hydrogen-bond donors (Lipinski definition) is 1. The van der Waals surface area contributed by atoms with Gasteiger partial charge in [0, 0.05) is 6.54 Å². The highest BCUT2D eigenvalue weighted by Gasteiger charge is 2.09. The Morgan fingerprint density at radius 3 is 2.79 bits per heavy atom. The summed E-state index contributed by atoms with van der Waals surface area (Å²) in [5, 5.41) is 3.29. The SMILES string of the molecule is CCNCc1oc(CN(C)CCOC(C)C)cc1C. The fourth-order valence-corrected chi connectivity index (χ4v) is 1.87. The third-order valence-electron chi connectivity index (χ3n) is 2.96. The molecule has 1 rings (SSSR count). The molecule has 0 bridgehead atoms. The van der Waals surface area contributed by atoms with Gasteiger partial charge in [-0.15, -0.1) is 0 Å². The summed E-state index contributed by atoms with van der Waals surface area (Å²) in [7, 11) is 2.09. The molecule has 1 aromatic heterocycles. The fraction of sp³-hybridized carbons (Fsp3) is 0.733. The topological polar surface area (TPSA) is 37.6 Å². The molecular weight excluding hydrogens is 240 g/mol. The molecule has 0 radical (unpaired) electrons. The number of nitrogens with one attached hydrogen (secondary N) is 1. The first-order chi connectivity index (χ1) is 9.02. The van der Waals surface area contributed by atoms with Crippen molar-refractivity contribution in [2.75, 3.05) is 26.7 Å². The summed E-state index contributed by atoms with van der Waals surface area (Å²) in [6.07, 6.45) is 0.297. The van der Waals surface area contributed by atoms with E-state index >= 15 is 0 Å². The van der Waals surface area contributed by atoms with Crippen LogP contribution in [0.4, 0.5) is 0 Å². The third kappa shape index (κ3) is 6.23. The Morgan fingerprint density at radius 2 is 2.16 bits per heavy atom. The number of aryl methyl sites for hydroxylation is 1. The molecule has 0 saturated heterocycles. The van der Waals surface area contributed by atoms with E-state index < -0.39 is 0 Å². The maximum atomic E-state index is 5.87. The lowest BCUT2D eigenvalue weighted by Crippen LogP contribution is -2.23. The van der Waals surface area contributed by atoms with Gasteiger partial charge in [-0.1, -0.05) is 6.92 Å². The Labute approximate surface area is 117 Å². The molecule has 4 nitrogen and oxygen atoms in total. The largest absolute Gasteiger partial charge is 0.463 e. The second-order valence-electron chi connectivity index (χ2n) is 5.26. The summed E-state index contributed by atoms with van der Waals surface area (Å²) in [6, 6.07) is 2.13. The van der Waals surface area contributed by atoms with Gasteiger partial charge in [0.1, 0.15) is 11.5 Å². The van der Waals surface area contributed by atoms with Crippen LogP contribution in [0, 0.1) is 6.92 Å². The highest BCUT2D eigenvalue weighted by Crippen LogP contribution is 2.15. The molecule has 0 aliphatic heterocycles. The van der Waals surface area contributed by atoms with Crippen LogP contribution in [0.1, 0.15) is 37.9 Å². The van der Waals surface area contributed by atoms with Gasteiger partial charge in [0.25, 0.3) is 0 Å². The standard InChI is InChI=1S/C15H28N2O2/c1-6-16-10-15-13(4)9-14(19-15)11-17(5)7-8-18-12(2)3/h9,12,16H,6-8,10-11H2,1-5H3. The van der Waals surface area contributed by atoms with Crippen molar-refractivity contribution >= 4 is 0 Å². The predicted molar refractivity (Wildman–Crippen MR) is 78.2 cm³/mol. The second-order valence-corrected chi connectivity index (χ2v) is 5.26. The lowest BCUT2D eigenvalue weighted by Gasteiger charge is -2.16. The Morgan fingerprint density at radius 1 is 1.42 bits per heavy atom. The summed E-state index contributed by atoms with van der Waals surface area (Å²) < 4.78 is 11.4. The Bertz CT molecular complexity index is 361. The zero-order valence-corrected chi connectivity index (χ0v) is 13.0. The van der Waals surface area contributed by atoms with Crippen LogP contribution in [-0.4, -0.2) is 37.7 Å². The Balaban J connectivity index is 2.39. The molecule has 0 unspecified atom stereocenters. The van der Waals surface area contributed by atoms with E-state index in [1.54, 1.807) is 0 Å². The van der Waals surface area contributed by atoms with Gasteiger partial charge in [0.15, 0.2) is 0 Å². The molecule has 0 fully saturated rings. The maximum Gasteiger partial charge on any atom is 0.120 e. The zero-order valence-electron chi connectivity index (χ0n) is 13.0. The molecule has 0 aromatic carbocycles. The molecule has 110 valence electrons. The minimum absolute atomic E-state index is 0.297. The van der Waals surface area contributed by atoms with E-state index in [9.17, 15) is 0 Å². The first kappa shape index (κ1) is 16.2.